The molecule has 0 spiro atoms. The molecule has 2 N–H and O–H groups in total. The van der Waals surface area contributed by atoms with Gasteiger partial charge in [0.1, 0.15) is 0 Å². The van der Waals surface area contributed by atoms with E-state index < -0.39 is 17.1 Å². The van der Waals surface area contributed by atoms with Crippen LogP contribution in [0.2, 0.25) is 5.02 Å². The van der Waals surface area contributed by atoms with E-state index in [1.54, 1.807) is 24.3 Å². The zero-order chi connectivity index (χ0) is 26.0. The number of aromatic nitrogens is 3. The lowest BCUT2D eigenvalue weighted by Crippen LogP contribution is -2.25. The molecule has 0 saturated carbocycles. The summed E-state index contributed by atoms with van der Waals surface area (Å²) in [6, 6.07) is 13.1. The number of hydrogen-bond acceptors (Lipinski definition) is 5. The Morgan fingerprint density at radius 1 is 1.17 bits per heavy atom. The first-order chi connectivity index (χ1) is 17.0. The molecule has 2 aromatic heterocycles. The number of rotatable bonds is 6. The lowest BCUT2D eigenvalue weighted by molar-refractivity contribution is -0.0328. The monoisotopic (exact) mass is 534 g/mol. The van der Waals surface area contributed by atoms with Crippen molar-refractivity contribution >= 4 is 35.0 Å². The third-order valence-electron chi connectivity index (χ3n) is 5.27. The van der Waals surface area contributed by atoms with Gasteiger partial charge < -0.3 is 10.4 Å². The van der Waals surface area contributed by atoms with Gasteiger partial charge in [0.2, 0.25) is 5.88 Å². The van der Waals surface area contributed by atoms with E-state index in [4.69, 9.17) is 11.6 Å². The minimum absolute atomic E-state index is 0.0130. The molecule has 2 aromatic carbocycles. The van der Waals surface area contributed by atoms with E-state index >= 15 is 0 Å². The number of hydrogen-bond donors (Lipinski definition) is 2. The number of nitrogens with zero attached hydrogens (tertiary/aromatic N) is 3. The van der Waals surface area contributed by atoms with Crippen molar-refractivity contribution in [3.05, 3.63) is 99.3 Å². The van der Waals surface area contributed by atoms with Crippen LogP contribution in [0.25, 0.3) is 5.69 Å². The summed E-state index contributed by atoms with van der Waals surface area (Å²) in [5.74, 6) is -0.775. The van der Waals surface area contributed by atoms with Crippen LogP contribution in [0.5, 0.6) is 5.88 Å². The summed E-state index contributed by atoms with van der Waals surface area (Å²) in [5, 5.41) is 13.8. The molecular formula is C24H18ClF3N4O3S. The topological polar surface area (TPSA) is 89.2 Å². The fraction of sp³-hybridized carbons (Fsp3) is 0.125. The Balaban J connectivity index is 1.63. The van der Waals surface area contributed by atoms with E-state index in [1.807, 2.05) is 0 Å². The zero-order valence-corrected chi connectivity index (χ0v) is 20.2. The van der Waals surface area contributed by atoms with Crippen molar-refractivity contribution in [1.82, 2.24) is 14.1 Å². The normalized spacial score (nSPS) is 11.5. The summed E-state index contributed by atoms with van der Waals surface area (Å²) in [7, 11) is 0. The fourth-order valence-corrected chi connectivity index (χ4v) is 4.25. The van der Waals surface area contributed by atoms with Crippen LogP contribution in [0, 0.1) is 6.92 Å². The summed E-state index contributed by atoms with van der Waals surface area (Å²) in [6.45, 7) is 1.52. The van der Waals surface area contributed by atoms with Crippen molar-refractivity contribution in [1.29, 1.82) is 0 Å². The molecule has 0 bridgehead atoms. The Labute approximate surface area is 212 Å². The number of pyridine rings is 1. The first-order valence-electron chi connectivity index (χ1n) is 10.4. The van der Waals surface area contributed by atoms with Crippen LogP contribution in [-0.4, -0.2) is 30.6 Å². The summed E-state index contributed by atoms with van der Waals surface area (Å²) in [4.78, 5) is 29.9. The number of halogens is 4. The third kappa shape index (κ3) is 5.58. The lowest BCUT2D eigenvalue weighted by Gasteiger charge is -2.12. The Kier molecular flexibility index (Phi) is 7.14. The average Bonchev–Trinajstić information content (AvgIpc) is 3.03. The first kappa shape index (κ1) is 25.4. The van der Waals surface area contributed by atoms with Crippen molar-refractivity contribution in [2.75, 3.05) is 5.32 Å². The molecular weight excluding hydrogens is 517 g/mol. The second-order valence-corrected chi connectivity index (χ2v) is 9.23. The highest BCUT2D eigenvalue weighted by Gasteiger charge is 2.29. The van der Waals surface area contributed by atoms with E-state index in [1.165, 1.54) is 54.2 Å². The molecule has 4 aromatic rings. The van der Waals surface area contributed by atoms with Gasteiger partial charge in [0.15, 0.2) is 0 Å². The average molecular weight is 535 g/mol. The highest BCUT2D eigenvalue weighted by atomic mass is 35.5. The molecule has 36 heavy (non-hydrogen) atoms. The van der Waals surface area contributed by atoms with E-state index in [2.05, 4.69) is 10.3 Å². The van der Waals surface area contributed by atoms with Crippen LogP contribution in [-0.2, 0) is 6.54 Å². The van der Waals surface area contributed by atoms with Crippen molar-refractivity contribution in [2.45, 2.75) is 23.9 Å². The number of carbonyl (C=O) groups excluding carboxylic acids is 1. The van der Waals surface area contributed by atoms with Crippen molar-refractivity contribution < 1.29 is 23.1 Å². The van der Waals surface area contributed by atoms with Crippen LogP contribution in [0.3, 0.4) is 0 Å². The van der Waals surface area contributed by atoms with Gasteiger partial charge in [-0.3, -0.25) is 14.3 Å². The molecule has 0 radical (unpaired) electrons. The van der Waals surface area contributed by atoms with Gasteiger partial charge in [-0.05, 0) is 72.8 Å². The van der Waals surface area contributed by atoms with Gasteiger partial charge >= 0.3 is 11.2 Å². The number of alkyl halides is 3. The predicted molar refractivity (Wildman–Crippen MR) is 131 cm³/mol. The minimum atomic E-state index is -4.44. The molecule has 0 saturated heterocycles. The van der Waals surface area contributed by atoms with E-state index in [-0.39, 0.29) is 40.5 Å². The molecule has 186 valence electrons. The molecule has 1 amide bonds. The SMILES string of the molecule is Cc1c(O)n(-c2ccc(SC(F)(F)F)cc2)c(=O)n1Cc1ccncc1NC(=O)c1cccc(Cl)c1. The maximum Gasteiger partial charge on any atom is 0.446 e. The zero-order valence-electron chi connectivity index (χ0n) is 18.6. The maximum atomic E-state index is 13.2. The van der Waals surface area contributed by atoms with Gasteiger partial charge in [0.05, 0.1) is 29.8 Å². The minimum Gasteiger partial charge on any atom is -0.493 e. The number of benzene rings is 2. The second-order valence-electron chi connectivity index (χ2n) is 7.65. The summed E-state index contributed by atoms with van der Waals surface area (Å²) in [5.41, 5.74) is -3.38. The molecule has 0 unspecified atom stereocenters. The molecule has 7 nitrogen and oxygen atoms in total. The summed E-state index contributed by atoms with van der Waals surface area (Å²) >= 11 is 5.69. The summed E-state index contributed by atoms with van der Waals surface area (Å²) < 4.78 is 40.1. The Morgan fingerprint density at radius 2 is 1.89 bits per heavy atom. The number of thioether (sulfide) groups is 1. The predicted octanol–water partition coefficient (Wildman–Crippen LogP) is 5.61. The Morgan fingerprint density at radius 3 is 2.56 bits per heavy atom. The standard InChI is InChI=1S/C24H18ClF3N4O3S/c1-14-22(34)32(18-5-7-19(8-6-18)36-24(26,27)28)23(35)31(14)13-16-9-10-29-12-20(16)30-21(33)15-3-2-4-17(25)11-15/h2-12,34H,13H2,1H3,(H,30,33). The van der Waals surface area contributed by atoms with Gasteiger partial charge in [-0.1, -0.05) is 17.7 Å². The largest absolute Gasteiger partial charge is 0.493 e. The maximum absolute atomic E-state index is 13.2. The molecule has 0 aliphatic heterocycles. The molecule has 0 fully saturated rings. The van der Waals surface area contributed by atoms with E-state index in [0.717, 1.165) is 4.57 Å². The van der Waals surface area contributed by atoms with Gasteiger partial charge in [-0.2, -0.15) is 13.2 Å². The number of carbonyl (C=O) groups is 1. The van der Waals surface area contributed by atoms with Crippen molar-refractivity contribution in [2.24, 2.45) is 0 Å². The lowest BCUT2D eigenvalue weighted by atomic mass is 10.2. The van der Waals surface area contributed by atoms with Crippen molar-refractivity contribution in [3.8, 4) is 11.6 Å². The number of amides is 1. The Hall–Kier alpha value is -3.70. The first-order valence-corrected chi connectivity index (χ1v) is 11.6. The van der Waals surface area contributed by atoms with Crippen LogP contribution in [0.4, 0.5) is 18.9 Å². The Bertz CT molecular complexity index is 1480. The van der Waals surface area contributed by atoms with Crippen LogP contribution in [0.15, 0.2) is 76.7 Å². The van der Waals surface area contributed by atoms with Gasteiger partial charge in [0.25, 0.3) is 5.91 Å². The highest BCUT2D eigenvalue weighted by molar-refractivity contribution is 8.00. The third-order valence-corrected chi connectivity index (χ3v) is 6.24. The smallest absolute Gasteiger partial charge is 0.446 e. The van der Waals surface area contributed by atoms with Crippen LogP contribution >= 0.6 is 23.4 Å². The number of nitrogens with one attached hydrogen (secondary N) is 1. The number of aromatic hydroxyl groups is 1. The van der Waals surface area contributed by atoms with Gasteiger partial charge in [0, 0.05) is 21.7 Å². The molecule has 0 aliphatic rings. The second kappa shape index (κ2) is 10.1. The van der Waals surface area contributed by atoms with E-state index in [0.29, 0.717) is 21.8 Å². The molecule has 2 heterocycles. The molecule has 12 heteroatoms. The van der Waals surface area contributed by atoms with Gasteiger partial charge in [-0.15, -0.1) is 0 Å². The van der Waals surface area contributed by atoms with Gasteiger partial charge in [-0.25, -0.2) is 9.36 Å². The van der Waals surface area contributed by atoms with Crippen LogP contribution < -0.4 is 11.0 Å². The molecule has 4 rings (SSSR count). The fourth-order valence-electron chi connectivity index (χ4n) is 3.52. The molecule has 0 aliphatic carbocycles. The van der Waals surface area contributed by atoms with Crippen molar-refractivity contribution in [3.63, 3.8) is 0 Å². The number of anilines is 1. The number of imidazole rings is 1. The van der Waals surface area contributed by atoms with E-state index in [9.17, 15) is 27.9 Å². The highest BCUT2D eigenvalue weighted by Crippen LogP contribution is 2.37. The quantitative estimate of drug-likeness (QED) is 0.314. The molecule has 0 atom stereocenters. The summed E-state index contributed by atoms with van der Waals surface area (Å²) in [6.07, 6.45) is 2.94. The van der Waals surface area contributed by atoms with Crippen LogP contribution in [0.1, 0.15) is 21.6 Å².